The number of rotatable bonds is 3. The van der Waals surface area contributed by atoms with E-state index in [2.05, 4.69) is 50.7 Å². The van der Waals surface area contributed by atoms with Gasteiger partial charge in [-0.25, -0.2) is 0 Å². The quantitative estimate of drug-likeness (QED) is 0.761. The van der Waals surface area contributed by atoms with Crippen LogP contribution >= 0.6 is 0 Å². The van der Waals surface area contributed by atoms with Gasteiger partial charge in [0.1, 0.15) is 0 Å². The van der Waals surface area contributed by atoms with E-state index >= 15 is 0 Å². The van der Waals surface area contributed by atoms with Gasteiger partial charge in [0.2, 0.25) is 5.91 Å². The number of nitrogens with zero attached hydrogens (tertiary/aromatic N) is 1. The monoisotopic (exact) mass is 335 g/mol. The molecule has 2 nitrogen and oxygen atoms in total. The Morgan fingerprint density at radius 2 is 2.08 bits per heavy atom. The molecule has 1 aromatic carbocycles. The average molecular weight is 335 g/mol. The first-order valence-electron chi connectivity index (χ1n) is 9.10. The zero-order chi connectivity index (χ0) is 18.6. The van der Waals surface area contributed by atoms with Crippen molar-refractivity contribution in [1.82, 2.24) is 4.90 Å². The predicted molar refractivity (Wildman–Crippen MR) is 104 cm³/mol. The zero-order valence-electron chi connectivity index (χ0n) is 16.1. The molecule has 2 atom stereocenters. The Labute approximate surface area is 153 Å². The second kappa shape index (κ2) is 7.79. The van der Waals surface area contributed by atoms with Crippen LogP contribution in [-0.4, -0.2) is 23.4 Å². The van der Waals surface area contributed by atoms with Crippen LogP contribution in [0.3, 0.4) is 0 Å². The molecule has 2 unspecified atom stereocenters. The second-order valence-electron chi connectivity index (χ2n) is 8.22. The Morgan fingerprint density at radius 1 is 1.36 bits per heavy atom. The third-order valence-electron chi connectivity index (χ3n) is 4.49. The summed E-state index contributed by atoms with van der Waals surface area (Å²) in [6, 6.07) is 8.39. The summed E-state index contributed by atoms with van der Waals surface area (Å²) in [5.74, 6) is 9.76. The van der Waals surface area contributed by atoms with Gasteiger partial charge < -0.3 is 4.90 Å². The number of carbonyl (C=O) groups is 1. The minimum atomic E-state index is -0.0174. The van der Waals surface area contributed by atoms with Gasteiger partial charge >= 0.3 is 0 Å². The number of amides is 1. The molecule has 0 saturated carbocycles. The van der Waals surface area contributed by atoms with E-state index in [-0.39, 0.29) is 29.2 Å². The summed E-state index contributed by atoms with van der Waals surface area (Å²) in [5, 5.41) is 0. The number of benzene rings is 1. The lowest BCUT2D eigenvalue weighted by Gasteiger charge is -2.28. The molecule has 1 fully saturated rings. The standard InChI is InChI=1S/C23H29NO/c1-7-20-12-14-24(22(25)17(2)3)21(20)16-19-10-8-9-18(15-19)11-13-23(4,5)6/h1,8-10,15,17,20-21H,12,14,16H2,2-6H3. The van der Waals surface area contributed by atoms with Crippen LogP contribution in [0.15, 0.2) is 24.3 Å². The minimum Gasteiger partial charge on any atom is -0.338 e. The summed E-state index contributed by atoms with van der Waals surface area (Å²) in [5.41, 5.74) is 2.19. The highest BCUT2D eigenvalue weighted by Crippen LogP contribution is 2.28. The van der Waals surface area contributed by atoms with Gasteiger partial charge in [-0.2, -0.15) is 0 Å². The highest BCUT2D eigenvalue weighted by atomic mass is 16.2. The van der Waals surface area contributed by atoms with Crippen molar-refractivity contribution >= 4 is 5.91 Å². The fourth-order valence-electron chi connectivity index (χ4n) is 3.18. The molecule has 0 spiro atoms. The summed E-state index contributed by atoms with van der Waals surface area (Å²) >= 11 is 0. The van der Waals surface area contributed by atoms with Gasteiger partial charge in [-0.15, -0.1) is 12.3 Å². The lowest BCUT2D eigenvalue weighted by atomic mass is 9.93. The molecule has 0 aromatic heterocycles. The number of hydrogen-bond donors (Lipinski definition) is 0. The molecule has 1 aliphatic rings. The average Bonchev–Trinajstić information content (AvgIpc) is 2.94. The fourth-order valence-corrected chi connectivity index (χ4v) is 3.18. The molecule has 132 valence electrons. The van der Waals surface area contributed by atoms with Gasteiger partial charge in [0, 0.05) is 35.4 Å². The molecular weight excluding hydrogens is 306 g/mol. The summed E-state index contributed by atoms with van der Waals surface area (Å²) < 4.78 is 0. The van der Waals surface area contributed by atoms with Gasteiger partial charge in [0.25, 0.3) is 0 Å². The molecule has 1 amide bonds. The maximum absolute atomic E-state index is 12.5. The Bertz CT molecular complexity index is 721. The minimum absolute atomic E-state index is 0.00279. The van der Waals surface area contributed by atoms with Gasteiger partial charge in [0.05, 0.1) is 0 Å². The van der Waals surface area contributed by atoms with Crippen molar-refractivity contribution in [1.29, 1.82) is 0 Å². The van der Waals surface area contributed by atoms with Crippen LogP contribution in [0.1, 0.15) is 52.2 Å². The summed E-state index contributed by atoms with van der Waals surface area (Å²) in [6.45, 7) is 11.0. The molecule has 1 saturated heterocycles. The van der Waals surface area contributed by atoms with Crippen molar-refractivity contribution in [2.45, 2.75) is 53.5 Å². The Kier molecular flexibility index (Phi) is 5.97. The fraction of sp³-hybridized carbons (Fsp3) is 0.522. The van der Waals surface area contributed by atoms with E-state index in [4.69, 9.17) is 6.42 Å². The zero-order valence-corrected chi connectivity index (χ0v) is 16.1. The summed E-state index contributed by atoms with van der Waals surface area (Å²) in [6.07, 6.45) is 7.41. The highest BCUT2D eigenvalue weighted by molar-refractivity contribution is 5.79. The van der Waals surface area contributed by atoms with E-state index in [1.54, 1.807) is 0 Å². The number of hydrogen-bond acceptors (Lipinski definition) is 1. The Morgan fingerprint density at radius 3 is 2.68 bits per heavy atom. The first-order chi connectivity index (χ1) is 11.7. The third-order valence-corrected chi connectivity index (χ3v) is 4.49. The largest absolute Gasteiger partial charge is 0.338 e. The van der Waals surface area contributed by atoms with Crippen LogP contribution < -0.4 is 0 Å². The van der Waals surface area contributed by atoms with Crippen LogP contribution in [0.25, 0.3) is 0 Å². The smallest absolute Gasteiger partial charge is 0.225 e. The van der Waals surface area contributed by atoms with Crippen LogP contribution in [0, 0.1) is 41.4 Å². The van der Waals surface area contributed by atoms with Gasteiger partial charge in [-0.05, 0) is 51.3 Å². The molecule has 2 rings (SSSR count). The molecule has 25 heavy (non-hydrogen) atoms. The molecule has 0 bridgehead atoms. The first kappa shape index (κ1) is 19.1. The molecule has 0 radical (unpaired) electrons. The lowest BCUT2D eigenvalue weighted by Crippen LogP contribution is -2.41. The van der Waals surface area contributed by atoms with Crippen molar-refractivity contribution in [2.75, 3.05) is 6.54 Å². The van der Waals surface area contributed by atoms with E-state index in [0.29, 0.717) is 0 Å². The van der Waals surface area contributed by atoms with E-state index in [9.17, 15) is 4.79 Å². The van der Waals surface area contributed by atoms with E-state index in [1.165, 1.54) is 5.56 Å². The molecule has 1 aromatic rings. The highest BCUT2D eigenvalue weighted by Gasteiger charge is 2.36. The predicted octanol–water partition coefficient (Wildman–Crippen LogP) is 4.13. The second-order valence-corrected chi connectivity index (χ2v) is 8.22. The van der Waals surface area contributed by atoms with Crippen molar-refractivity contribution in [3.05, 3.63) is 35.4 Å². The number of terminal acetylenes is 1. The number of carbonyl (C=O) groups excluding carboxylic acids is 1. The Hall–Kier alpha value is -2.19. The normalized spacial score (nSPS) is 20.1. The van der Waals surface area contributed by atoms with Crippen molar-refractivity contribution < 1.29 is 4.79 Å². The van der Waals surface area contributed by atoms with Gasteiger partial charge in [-0.3, -0.25) is 4.79 Å². The molecule has 0 N–H and O–H groups in total. The van der Waals surface area contributed by atoms with E-state index < -0.39 is 0 Å². The molecule has 1 aliphatic heterocycles. The van der Waals surface area contributed by atoms with Gasteiger partial charge in [-0.1, -0.05) is 37.8 Å². The van der Waals surface area contributed by atoms with E-state index in [1.807, 2.05) is 30.9 Å². The van der Waals surface area contributed by atoms with Gasteiger partial charge in [0.15, 0.2) is 0 Å². The maximum atomic E-state index is 12.5. The molecule has 1 heterocycles. The molecule has 2 heteroatoms. The Balaban J connectivity index is 2.22. The lowest BCUT2D eigenvalue weighted by molar-refractivity contribution is -0.135. The first-order valence-corrected chi connectivity index (χ1v) is 9.10. The number of likely N-dealkylation sites (tertiary alicyclic amines) is 1. The topological polar surface area (TPSA) is 20.3 Å². The van der Waals surface area contributed by atoms with Crippen molar-refractivity contribution in [2.24, 2.45) is 17.3 Å². The van der Waals surface area contributed by atoms with Crippen LogP contribution in [0.5, 0.6) is 0 Å². The van der Waals surface area contributed by atoms with E-state index in [0.717, 1.165) is 24.9 Å². The van der Waals surface area contributed by atoms with Crippen LogP contribution in [-0.2, 0) is 11.2 Å². The summed E-state index contributed by atoms with van der Waals surface area (Å²) in [4.78, 5) is 14.5. The van der Waals surface area contributed by atoms with Crippen molar-refractivity contribution in [3.8, 4) is 24.2 Å². The van der Waals surface area contributed by atoms with Crippen LogP contribution in [0.2, 0.25) is 0 Å². The summed E-state index contributed by atoms with van der Waals surface area (Å²) in [7, 11) is 0. The maximum Gasteiger partial charge on any atom is 0.225 e. The molecule has 0 aliphatic carbocycles. The molecular formula is C23H29NO. The SMILES string of the molecule is C#CC1CCN(C(=O)C(C)C)C1Cc1cccc(C#CC(C)(C)C)c1. The third kappa shape index (κ3) is 5.14. The van der Waals surface area contributed by atoms with Crippen molar-refractivity contribution in [3.63, 3.8) is 0 Å². The van der Waals surface area contributed by atoms with Crippen LogP contribution in [0.4, 0.5) is 0 Å².